The molecule has 5 nitrogen and oxygen atoms in total. The third-order valence-electron chi connectivity index (χ3n) is 4.71. The van der Waals surface area contributed by atoms with E-state index in [1.54, 1.807) is 4.90 Å². The maximum Gasteiger partial charge on any atom is 0.251 e. The van der Waals surface area contributed by atoms with Gasteiger partial charge in [0.25, 0.3) is 5.91 Å². The van der Waals surface area contributed by atoms with Gasteiger partial charge in [-0.1, -0.05) is 43.7 Å². The number of β-amino-alcohol motifs (C(OH)–C–C–N with tert-alkyl or cyclic N) is 1. The minimum absolute atomic E-state index is 0.00879. The smallest absolute Gasteiger partial charge is 0.251 e. The van der Waals surface area contributed by atoms with Crippen LogP contribution in [0.15, 0.2) is 24.3 Å². The molecule has 1 unspecified atom stereocenters. The van der Waals surface area contributed by atoms with Crippen molar-refractivity contribution in [3.63, 3.8) is 0 Å². The highest BCUT2D eigenvalue weighted by atomic mass is 16.3. The van der Waals surface area contributed by atoms with E-state index in [-0.39, 0.29) is 17.9 Å². The number of likely N-dealkylation sites (tertiary alicyclic amines) is 1. The van der Waals surface area contributed by atoms with Crippen LogP contribution in [-0.2, 0) is 15.0 Å². The Labute approximate surface area is 137 Å². The van der Waals surface area contributed by atoms with Crippen molar-refractivity contribution >= 4 is 11.8 Å². The average molecular weight is 318 g/mol. The molecule has 1 saturated heterocycles. The van der Waals surface area contributed by atoms with Gasteiger partial charge in [-0.15, -0.1) is 0 Å². The van der Waals surface area contributed by atoms with E-state index in [1.807, 2.05) is 45.0 Å². The summed E-state index contributed by atoms with van der Waals surface area (Å²) in [6, 6.07) is 8.15. The molecule has 0 spiro atoms. The Kier molecular flexibility index (Phi) is 4.80. The number of aliphatic hydroxyl groups is 1. The monoisotopic (exact) mass is 318 g/mol. The Balaban J connectivity index is 2.08. The second-order valence-corrected chi connectivity index (χ2v) is 7.24. The molecule has 1 aromatic carbocycles. The molecule has 0 radical (unpaired) electrons. The van der Waals surface area contributed by atoms with Crippen molar-refractivity contribution < 1.29 is 14.7 Å². The van der Waals surface area contributed by atoms with Gasteiger partial charge < -0.3 is 15.7 Å². The second-order valence-electron chi connectivity index (χ2n) is 7.24. The summed E-state index contributed by atoms with van der Waals surface area (Å²) in [6.45, 7) is 6.63. The number of carbonyl (C=O) groups excluding carboxylic acids is 2. The molecule has 0 saturated carbocycles. The molecule has 126 valence electrons. The Morgan fingerprint density at radius 3 is 2.48 bits per heavy atom. The van der Waals surface area contributed by atoms with Gasteiger partial charge >= 0.3 is 0 Å². The fraction of sp³-hybridized carbons (Fsp3) is 0.556. The number of aryl methyl sites for hydroxylation is 1. The number of piperidine rings is 1. The van der Waals surface area contributed by atoms with E-state index in [9.17, 15) is 14.7 Å². The molecule has 1 aliphatic heterocycles. The Morgan fingerprint density at radius 2 is 1.91 bits per heavy atom. The molecule has 1 heterocycles. The molecule has 5 heteroatoms. The molecule has 1 aliphatic rings. The van der Waals surface area contributed by atoms with Gasteiger partial charge in [-0.05, 0) is 30.7 Å². The third-order valence-corrected chi connectivity index (χ3v) is 4.71. The van der Waals surface area contributed by atoms with E-state index in [0.717, 1.165) is 5.56 Å². The van der Waals surface area contributed by atoms with Crippen molar-refractivity contribution in [1.29, 1.82) is 0 Å². The molecule has 1 aromatic rings. The summed E-state index contributed by atoms with van der Waals surface area (Å²) >= 11 is 0. The topological polar surface area (TPSA) is 83.6 Å². The van der Waals surface area contributed by atoms with Gasteiger partial charge in [-0.3, -0.25) is 9.59 Å². The zero-order valence-electron chi connectivity index (χ0n) is 14.1. The number of primary amides is 1. The first kappa shape index (κ1) is 17.5. The Morgan fingerprint density at radius 1 is 1.30 bits per heavy atom. The maximum atomic E-state index is 12.6. The molecule has 3 N–H and O–H groups in total. The van der Waals surface area contributed by atoms with Crippen molar-refractivity contribution in [1.82, 2.24) is 4.90 Å². The lowest BCUT2D eigenvalue weighted by Gasteiger charge is -2.38. The summed E-state index contributed by atoms with van der Waals surface area (Å²) in [5.41, 5.74) is 5.64. The van der Waals surface area contributed by atoms with Crippen LogP contribution < -0.4 is 5.73 Å². The SMILES string of the molecule is Cc1ccc(C(C)(C)CC(=O)N2CCCC(O)(C(N)=O)C2)cc1. The summed E-state index contributed by atoms with van der Waals surface area (Å²) in [4.78, 5) is 25.6. The van der Waals surface area contributed by atoms with Crippen molar-refractivity contribution in [2.24, 2.45) is 5.73 Å². The summed E-state index contributed by atoms with van der Waals surface area (Å²) in [7, 11) is 0. The first-order valence-corrected chi connectivity index (χ1v) is 8.01. The zero-order valence-corrected chi connectivity index (χ0v) is 14.1. The van der Waals surface area contributed by atoms with Crippen LogP contribution in [0.25, 0.3) is 0 Å². The summed E-state index contributed by atoms with van der Waals surface area (Å²) in [5, 5.41) is 10.2. The van der Waals surface area contributed by atoms with Gasteiger partial charge in [0.15, 0.2) is 5.60 Å². The number of nitrogens with zero attached hydrogens (tertiary/aromatic N) is 1. The van der Waals surface area contributed by atoms with Gasteiger partial charge in [-0.25, -0.2) is 0 Å². The van der Waals surface area contributed by atoms with E-state index in [4.69, 9.17) is 5.73 Å². The number of nitrogens with two attached hydrogens (primary N) is 1. The molecule has 1 atom stereocenters. The Bertz CT molecular complexity index is 595. The Hall–Kier alpha value is -1.88. The first-order valence-electron chi connectivity index (χ1n) is 8.01. The van der Waals surface area contributed by atoms with Crippen LogP contribution in [0.5, 0.6) is 0 Å². The molecule has 0 bridgehead atoms. The van der Waals surface area contributed by atoms with Gasteiger partial charge in [0.1, 0.15) is 0 Å². The molecule has 0 aliphatic carbocycles. The largest absolute Gasteiger partial charge is 0.378 e. The van der Waals surface area contributed by atoms with Crippen molar-refractivity contribution in [3.8, 4) is 0 Å². The maximum absolute atomic E-state index is 12.6. The van der Waals surface area contributed by atoms with Crippen molar-refractivity contribution in [2.45, 2.75) is 51.0 Å². The molecular weight excluding hydrogens is 292 g/mol. The van der Waals surface area contributed by atoms with Gasteiger partial charge in [0.05, 0.1) is 6.54 Å². The minimum atomic E-state index is -1.60. The highest BCUT2D eigenvalue weighted by molar-refractivity contribution is 5.85. The van der Waals surface area contributed by atoms with Gasteiger partial charge in [-0.2, -0.15) is 0 Å². The lowest BCUT2D eigenvalue weighted by molar-refractivity contribution is -0.149. The van der Waals surface area contributed by atoms with Crippen LogP contribution in [0.3, 0.4) is 0 Å². The quantitative estimate of drug-likeness (QED) is 0.882. The predicted octanol–water partition coefficient (Wildman–Crippen LogP) is 1.50. The highest BCUT2D eigenvalue weighted by Crippen LogP contribution is 2.29. The molecular formula is C18H26N2O3. The molecule has 0 aromatic heterocycles. The van der Waals surface area contributed by atoms with Crippen LogP contribution >= 0.6 is 0 Å². The van der Waals surface area contributed by atoms with E-state index >= 15 is 0 Å². The fourth-order valence-corrected chi connectivity index (χ4v) is 3.05. The number of hydrogen-bond acceptors (Lipinski definition) is 3. The number of benzene rings is 1. The second kappa shape index (κ2) is 6.32. The average Bonchev–Trinajstić information content (AvgIpc) is 2.47. The van der Waals surface area contributed by atoms with E-state index in [1.165, 1.54) is 5.56 Å². The number of carbonyl (C=O) groups is 2. The molecule has 1 fully saturated rings. The summed E-state index contributed by atoms with van der Waals surface area (Å²) in [6.07, 6.45) is 1.22. The predicted molar refractivity (Wildman–Crippen MR) is 88.8 cm³/mol. The molecule has 23 heavy (non-hydrogen) atoms. The van der Waals surface area contributed by atoms with Crippen LogP contribution in [0.2, 0.25) is 0 Å². The van der Waals surface area contributed by atoms with Crippen molar-refractivity contribution in [3.05, 3.63) is 35.4 Å². The zero-order chi connectivity index (χ0) is 17.3. The van der Waals surface area contributed by atoms with E-state index in [2.05, 4.69) is 0 Å². The first-order chi connectivity index (χ1) is 10.6. The fourth-order valence-electron chi connectivity index (χ4n) is 3.05. The third kappa shape index (κ3) is 3.91. The van der Waals surface area contributed by atoms with Crippen LogP contribution in [-0.4, -0.2) is 40.5 Å². The number of hydrogen-bond donors (Lipinski definition) is 2. The lowest BCUT2D eigenvalue weighted by atomic mass is 9.80. The highest BCUT2D eigenvalue weighted by Gasteiger charge is 2.41. The van der Waals surface area contributed by atoms with Gasteiger partial charge in [0.2, 0.25) is 5.91 Å². The van der Waals surface area contributed by atoms with E-state index in [0.29, 0.717) is 25.8 Å². The van der Waals surface area contributed by atoms with E-state index < -0.39 is 11.5 Å². The minimum Gasteiger partial charge on any atom is -0.378 e. The lowest BCUT2D eigenvalue weighted by Crippen LogP contribution is -2.57. The summed E-state index contributed by atoms with van der Waals surface area (Å²) < 4.78 is 0. The van der Waals surface area contributed by atoms with Gasteiger partial charge in [0, 0.05) is 13.0 Å². The van der Waals surface area contributed by atoms with Crippen molar-refractivity contribution in [2.75, 3.05) is 13.1 Å². The standard InChI is InChI=1S/C18H26N2O3/c1-13-5-7-14(8-6-13)17(2,3)11-15(21)20-10-4-9-18(23,12-20)16(19)22/h5-8,23H,4,9-12H2,1-3H3,(H2,19,22). The van der Waals surface area contributed by atoms with Crippen LogP contribution in [0.4, 0.5) is 0 Å². The molecule has 2 amide bonds. The van der Waals surface area contributed by atoms with Crippen LogP contribution in [0.1, 0.15) is 44.2 Å². The number of rotatable bonds is 4. The normalized spacial score (nSPS) is 22.0. The molecule has 2 rings (SSSR count). The summed E-state index contributed by atoms with van der Waals surface area (Å²) in [5.74, 6) is -0.817. The number of amides is 2. The van der Waals surface area contributed by atoms with Crippen LogP contribution in [0, 0.1) is 6.92 Å².